The van der Waals surface area contributed by atoms with E-state index in [0.717, 1.165) is 24.3 Å². The van der Waals surface area contributed by atoms with Crippen molar-refractivity contribution in [2.45, 2.75) is 12.8 Å². The predicted octanol–water partition coefficient (Wildman–Crippen LogP) is 5.31. The molecule has 0 aliphatic rings. The first-order valence-electron chi connectivity index (χ1n) is 10.4. The summed E-state index contributed by atoms with van der Waals surface area (Å²) in [5.41, 5.74) is 2.80. The number of rotatable bonds is 12. The number of anilines is 2. The quantitative estimate of drug-likeness (QED) is 0.310. The Morgan fingerprint density at radius 3 is 2.42 bits per heavy atom. The minimum atomic E-state index is -0.157. The molecule has 0 saturated heterocycles. The van der Waals surface area contributed by atoms with E-state index in [1.807, 2.05) is 48.5 Å². The Labute approximate surface area is 183 Å². The Balaban J connectivity index is 1.40. The molecule has 0 unspecified atom stereocenters. The monoisotopic (exact) mass is 416 g/mol. The Bertz CT molecular complexity index is 956. The SMILES string of the molecule is C=CCOc1ccccc1NC(=O)CNc1ccc(OCCCc2ccccc2)cc1. The summed E-state index contributed by atoms with van der Waals surface area (Å²) in [6.07, 6.45) is 3.62. The molecule has 0 spiro atoms. The zero-order chi connectivity index (χ0) is 21.7. The molecule has 5 heteroatoms. The first-order chi connectivity index (χ1) is 15.2. The van der Waals surface area contributed by atoms with E-state index < -0.39 is 0 Å². The van der Waals surface area contributed by atoms with E-state index in [4.69, 9.17) is 9.47 Å². The van der Waals surface area contributed by atoms with Crippen LogP contribution in [0.5, 0.6) is 11.5 Å². The predicted molar refractivity (Wildman–Crippen MR) is 126 cm³/mol. The normalized spacial score (nSPS) is 10.2. The van der Waals surface area contributed by atoms with Crippen LogP contribution >= 0.6 is 0 Å². The van der Waals surface area contributed by atoms with Gasteiger partial charge in [0.2, 0.25) is 5.91 Å². The van der Waals surface area contributed by atoms with Gasteiger partial charge in [0.15, 0.2) is 0 Å². The number of ether oxygens (including phenoxy) is 2. The third-order valence-corrected chi connectivity index (χ3v) is 4.55. The first kappa shape index (κ1) is 22.0. The molecular weight excluding hydrogens is 388 g/mol. The summed E-state index contributed by atoms with van der Waals surface area (Å²) in [5.74, 6) is 1.27. The molecule has 3 rings (SSSR count). The standard InChI is InChI=1S/C26H28N2O3/c1-2-18-31-25-13-7-6-12-24(25)28-26(29)20-27-22-14-16-23(17-15-22)30-19-8-11-21-9-4-3-5-10-21/h2-7,9-10,12-17,27H,1,8,11,18-20H2,(H,28,29). The molecule has 0 radical (unpaired) electrons. The van der Waals surface area contributed by atoms with E-state index in [9.17, 15) is 4.79 Å². The van der Waals surface area contributed by atoms with Crippen molar-refractivity contribution in [3.63, 3.8) is 0 Å². The van der Waals surface area contributed by atoms with E-state index in [1.165, 1.54) is 5.56 Å². The van der Waals surface area contributed by atoms with Crippen LogP contribution in [0.25, 0.3) is 0 Å². The van der Waals surface area contributed by atoms with Gasteiger partial charge in [-0.25, -0.2) is 0 Å². The Morgan fingerprint density at radius 1 is 0.903 bits per heavy atom. The second kappa shape index (κ2) is 12.1. The third kappa shape index (κ3) is 7.55. The number of aryl methyl sites for hydroxylation is 1. The molecule has 0 aromatic heterocycles. The maximum Gasteiger partial charge on any atom is 0.243 e. The molecule has 2 N–H and O–H groups in total. The lowest BCUT2D eigenvalue weighted by atomic mass is 10.1. The molecule has 0 bridgehead atoms. The summed E-state index contributed by atoms with van der Waals surface area (Å²) >= 11 is 0. The fourth-order valence-electron chi connectivity index (χ4n) is 3.00. The average molecular weight is 417 g/mol. The van der Waals surface area contributed by atoms with Gasteiger partial charge in [-0.3, -0.25) is 4.79 Å². The van der Waals surface area contributed by atoms with Crippen molar-refractivity contribution < 1.29 is 14.3 Å². The van der Waals surface area contributed by atoms with Crippen LogP contribution in [0.15, 0.2) is 91.5 Å². The van der Waals surface area contributed by atoms with Crippen LogP contribution in [-0.2, 0) is 11.2 Å². The lowest BCUT2D eigenvalue weighted by Gasteiger charge is -2.12. The van der Waals surface area contributed by atoms with Crippen LogP contribution in [0.1, 0.15) is 12.0 Å². The minimum absolute atomic E-state index is 0.146. The summed E-state index contributed by atoms with van der Waals surface area (Å²) in [6.45, 7) is 4.83. The zero-order valence-corrected chi connectivity index (χ0v) is 17.6. The minimum Gasteiger partial charge on any atom is -0.494 e. The maximum atomic E-state index is 12.3. The van der Waals surface area contributed by atoms with Crippen LogP contribution in [0.2, 0.25) is 0 Å². The highest BCUT2D eigenvalue weighted by Gasteiger charge is 2.07. The number of hydrogen-bond acceptors (Lipinski definition) is 4. The van der Waals surface area contributed by atoms with Gasteiger partial charge in [-0.05, 0) is 54.8 Å². The summed E-state index contributed by atoms with van der Waals surface area (Å²) < 4.78 is 11.4. The molecule has 0 fully saturated rings. The van der Waals surface area contributed by atoms with Gasteiger partial charge in [-0.15, -0.1) is 0 Å². The van der Waals surface area contributed by atoms with Crippen molar-refractivity contribution in [3.8, 4) is 11.5 Å². The molecule has 0 heterocycles. The highest BCUT2D eigenvalue weighted by molar-refractivity contribution is 5.95. The average Bonchev–Trinajstić information content (AvgIpc) is 2.81. The molecule has 0 saturated carbocycles. The lowest BCUT2D eigenvalue weighted by Crippen LogP contribution is -2.22. The molecule has 3 aromatic carbocycles. The van der Waals surface area contributed by atoms with Crippen LogP contribution in [0.4, 0.5) is 11.4 Å². The van der Waals surface area contributed by atoms with Crippen molar-refractivity contribution in [1.29, 1.82) is 0 Å². The van der Waals surface area contributed by atoms with E-state index in [2.05, 4.69) is 41.5 Å². The number of para-hydroxylation sites is 2. The van der Waals surface area contributed by atoms with E-state index in [1.54, 1.807) is 12.1 Å². The van der Waals surface area contributed by atoms with Gasteiger partial charge in [-0.2, -0.15) is 0 Å². The van der Waals surface area contributed by atoms with Gasteiger partial charge in [0, 0.05) is 5.69 Å². The number of carbonyl (C=O) groups excluding carboxylic acids is 1. The fraction of sp³-hybridized carbons (Fsp3) is 0.192. The molecule has 0 aliphatic heterocycles. The Kier molecular flexibility index (Phi) is 8.56. The van der Waals surface area contributed by atoms with Gasteiger partial charge >= 0.3 is 0 Å². The Morgan fingerprint density at radius 2 is 1.65 bits per heavy atom. The van der Waals surface area contributed by atoms with Gasteiger partial charge in [0.1, 0.15) is 18.1 Å². The fourth-order valence-corrected chi connectivity index (χ4v) is 3.00. The van der Waals surface area contributed by atoms with E-state index in [-0.39, 0.29) is 12.5 Å². The van der Waals surface area contributed by atoms with Gasteiger partial charge in [0.05, 0.1) is 18.8 Å². The van der Waals surface area contributed by atoms with E-state index in [0.29, 0.717) is 24.7 Å². The topological polar surface area (TPSA) is 59.6 Å². The molecule has 1 amide bonds. The highest BCUT2D eigenvalue weighted by atomic mass is 16.5. The molecule has 31 heavy (non-hydrogen) atoms. The molecule has 5 nitrogen and oxygen atoms in total. The van der Waals surface area contributed by atoms with Crippen molar-refractivity contribution in [1.82, 2.24) is 0 Å². The van der Waals surface area contributed by atoms with Crippen molar-refractivity contribution in [2.24, 2.45) is 0 Å². The molecular formula is C26H28N2O3. The third-order valence-electron chi connectivity index (χ3n) is 4.55. The number of benzene rings is 3. The number of amides is 1. The van der Waals surface area contributed by atoms with Gasteiger partial charge < -0.3 is 20.1 Å². The maximum absolute atomic E-state index is 12.3. The van der Waals surface area contributed by atoms with Crippen LogP contribution in [0, 0.1) is 0 Å². The van der Waals surface area contributed by atoms with Gasteiger partial charge in [-0.1, -0.05) is 55.1 Å². The smallest absolute Gasteiger partial charge is 0.243 e. The van der Waals surface area contributed by atoms with Crippen LogP contribution < -0.4 is 20.1 Å². The number of carbonyl (C=O) groups is 1. The second-order valence-electron chi connectivity index (χ2n) is 6.96. The second-order valence-corrected chi connectivity index (χ2v) is 6.96. The highest BCUT2D eigenvalue weighted by Crippen LogP contribution is 2.23. The summed E-state index contributed by atoms with van der Waals surface area (Å²) in [4.78, 5) is 12.3. The van der Waals surface area contributed by atoms with Crippen molar-refractivity contribution in [3.05, 3.63) is 97.1 Å². The first-order valence-corrected chi connectivity index (χ1v) is 10.4. The van der Waals surface area contributed by atoms with Gasteiger partial charge in [0.25, 0.3) is 0 Å². The molecule has 0 atom stereocenters. The summed E-state index contributed by atoms with van der Waals surface area (Å²) in [5, 5.41) is 5.98. The van der Waals surface area contributed by atoms with Crippen LogP contribution in [0.3, 0.4) is 0 Å². The largest absolute Gasteiger partial charge is 0.494 e. The lowest BCUT2D eigenvalue weighted by molar-refractivity contribution is -0.114. The van der Waals surface area contributed by atoms with Crippen molar-refractivity contribution >= 4 is 17.3 Å². The molecule has 0 aliphatic carbocycles. The zero-order valence-electron chi connectivity index (χ0n) is 17.6. The molecule has 160 valence electrons. The summed E-state index contributed by atoms with van der Waals surface area (Å²) in [6, 6.07) is 25.3. The van der Waals surface area contributed by atoms with E-state index >= 15 is 0 Å². The van der Waals surface area contributed by atoms with Crippen molar-refractivity contribution in [2.75, 3.05) is 30.4 Å². The van der Waals surface area contributed by atoms with Crippen LogP contribution in [-0.4, -0.2) is 25.7 Å². The Hall–Kier alpha value is -3.73. The number of hydrogen-bond donors (Lipinski definition) is 2. The summed E-state index contributed by atoms with van der Waals surface area (Å²) in [7, 11) is 0. The molecule has 3 aromatic rings. The number of nitrogens with one attached hydrogen (secondary N) is 2.